The molecule has 9 rings (SSSR count). The molecule has 9 fully saturated rings. The topological polar surface area (TPSA) is 70.0 Å². The molecule has 27 heavy (non-hydrogen) atoms. The molecule has 0 aromatic rings. The summed E-state index contributed by atoms with van der Waals surface area (Å²) in [6.07, 6.45) is 4.07. The first kappa shape index (κ1) is 15.9. The smallest absolute Gasteiger partial charge is 0.303 e. The Hall–Kier alpha value is -0.910. The monoisotopic (exact) mass is 371 g/mol. The largest absolute Gasteiger partial charge is 0.457 e. The van der Waals surface area contributed by atoms with Crippen molar-refractivity contribution in [3.63, 3.8) is 0 Å². The first-order chi connectivity index (χ1) is 12.8. The average Bonchev–Trinajstić information content (AvgIpc) is 2.99. The number of nitrogens with zero attached hydrogens (tertiary/aromatic N) is 1. The Morgan fingerprint density at radius 2 is 2.07 bits per heavy atom. The van der Waals surface area contributed by atoms with E-state index in [4.69, 9.17) is 4.74 Å². The Bertz CT molecular complexity index is 812. The number of carbonyl (C=O) groups is 1. The number of hydrogen-bond donors (Lipinski definition) is 2. The zero-order chi connectivity index (χ0) is 18.7. The number of rotatable bonds is 1. The van der Waals surface area contributed by atoms with Gasteiger partial charge in [0.25, 0.3) is 0 Å². The third-order valence-corrected chi connectivity index (χ3v) is 10.9. The highest BCUT2D eigenvalue weighted by Crippen LogP contribution is 2.88. The summed E-state index contributed by atoms with van der Waals surface area (Å²) >= 11 is 0. The molecular weight excluding hydrogens is 342 g/mol. The fraction of sp³-hybridized carbons (Fsp3) is 0.864. The second kappa shape index (κ2) is 4.17. The summed E-state index contributed by atoms with van der Waals surface area (Å²) in [6.45, 7) is 8.06. The standard InChI is InChI=1S/C22H29NO4/c1-9-11-6-12-17-21-5-4-15(25)20(3)16(21)13(23(17)19(20)26)8-22(12,14(21)7-11)18(9)27-10(2)24/h11-19,25-26H,1,4-8H2,2-3H3. The maximum absolute atomic E-state index is 12.0. The van der Waals surface area contributed by atoms with Crippen molar-refractivity contribution in [2.45, 2.75) is 76.5 Å². The van der Waals surface area contributed by atoms with Gasteiger partial charge in [0.05, 0.1) is 6.10 Å². The molecule has 13 atom stereocenters. The van der Waals surface area contributed by atoms with Crippen LogP contribution >= 0.6 is 0 Å². The molecule has 13 unspecified atom stereocenters. The summed E-state index contributed by atoms with van der Waals surface area (Å²) in [5, 5.41) is 22.2. The van der Waals surface area contributed by atoms with Crippen LogP contribution < -0.4 is 0 Å². The highest BCUT2D eigenvalue weighted by atomic mass is 16.5. The van der Waals surface area contributed by atoms with E-state index >= 15 is 0 Å². The van der Waals surface area contributed by atoms with Gasteiger partial charge < -0.3 is 14.9 Å². The van der Waals surface area contributed by atoms with E-state index in [0.29, 0.717) is 35.8 Å². The van der Waals surface area contributed by atoms with E-state index < -0.39 is 17.7 Å². The SMILES string of the molecule is C=C1C2CC3C4N5C6CC3(C1OC(C)=O)C(C2)C41CCC(O)C(C)(C5O)C61. The zero-order valence-electron chi connectivity index (χ0n) is 16.1. The Kier molecular flexibility index (Phi) is 2.46. The number of ether oxygens (including phenoxy) is 1. The Morgan fingerprint density at radius 3 is 2.81 bits per heavy atom. The number of aliphatic hydroxyl groups is 2. The van der Waals surface area contributed by atoms with E-state index in [0.717, 1.165) is 31.3 Å². The van der Waals surface area contributed by atoms with Crippen LogP contribution in [0, 0.1) is 39.9 Å². The molecule has 6 aliphatic carbocycles. The van der Waals surface area contributed by atoms with E-state index in [1.54, 1.807) is 0 Å². The van der Waals surface area contributed by atoms with Crippen molar-refractivity contribution in [3.8, 4) is 0 Å². The van der Waals surface area contributed by atoms with E-state index in [-0.39, 0.29) is 22.9 Å². The van der Waals surface area contributed by atoms with Gasteiger partial charge in [0.2, 0.25) is 0 Å². The minimum Gasteiger partial charge on any atom is -0.457 e. The second-order valence-corrected chi connectivity index (χ2v) is 11.1. The molecule has 6 saturated carbocycles. The van der Waals surface area contributed by atoms with Gasteiger partial charge in [0.15, 0.2) is 0 Å². The molecule has 9 aliphatic rings. The van der Waals surface area contributed by atoms with Gasteiger partial charge >= 0.3 is 5.97 Å². The van der Waals surface area contributed by atoms with Crippen LogP contribution in [0.3, 0.4) is 0 Å². The lowest BCUT2D eigenvalue weighted by molar-refractivity contribution is -0.213. The molecule has 3 heterocycles. The minimum absolute atomic E-state index is 0.0209. The van der Waals surface area contributed by atoms with Crippen LogP contribution in [-0.4, -0.2) is 51.6 Å². The predicted octanol–water partition coefficient (Wildman–Crippen LogP) is 1.68. The molecule has 2 spiro atoms. The van der Waals surface area contributed by atoms with E-state index in [2.05, 4.69) is 18.4 Å². The fourth-order valence-electron chi connectivity index (χ4n) is 10.7. The van der Waals surface area contributed by atoms with Crippen LogP contribution in [0.25, 0.3) is 0 Å². The molecule has 0 amide bonds. The van der Waals surface area contributed by atoms with Crippen LogP contribution in [-0.2, 0) is 9.53 Å². The number of fused-ring (bicyclic) bond motifs is 1. The Morgan fingerprint density at radius 1 is 1.30 bits per heavy atom. The molecule has 3 saturated heterocycles. The number of carbonyl (C=O) groups excluding carboxylic acids is 1. The lowest BCUT2D eigenvalue weighted by atomic mass is 9.40. The van der Waals surface area contributed by atoms with Crippen LogP contribution in [0.1, 0.15) is 46.0 Å². The molecule has 0 aromatic heterocycles. The number of esters is 1. The van der Waals surface area contributed by atoms with Gasteiger partial charge in [-0.05, 0) is 66.8 Å². The number of piperidine rings is 2. The predicted molar refractivity (Wildman–Crippen MR) is 96.1 cm³/mol. The molecule has 0 radical (unpaired) electrons. The average molecular weight is 371 g/mol. The van der Waals surface area contributed by atoms with Crippen molar-refractivity contribution in [1.29, 1.82) is 0 Å². The van der Waals surface area contributed by atoms with Gasteiger partial charge in [-0.25, -0.2) is 0 Å². The number of hydrogen-bond acceptors (Lipinski definition) is 5. The maximum atomic E-state index is 12.0. The molecule has 5 heteroatoms. The third-order valence-electron chi connectivity index (χ3n) is 10.9. The second-order valence-electron chi connectivity index (χ2n) is 11.1. The molecule has 2 N–H and O–H groups in total. The molecule has 9 bridgehead atoms. The summed E-state index contributed by atoms with van der Waals surface area (Å²) in [7, 11) is 0. The van der Waals surface area contributed by atoms with Gasteiger partial charge in [0, 0.05) is 29.8 Å². The van der Waals surface area contributed by atoms with Crippen molar-refractivity contribution < 1.29 is 19.7 Å². The van der Waals surface area contributed by atoms with Crippen molar-refractivity contribution >= 4 is 5.97 Å². The van der Waals surface area contributed by atoms with Crippen LogP contribution in [0.15, 0.2) is 12.2 Å². The lowest BCUT2D eigenvalue weighted by Crippen LogP contribution is -2.65. The normalized spacial score (nSPS) is 68.7. The van der Waals surface area contributed by atoms with E-state index in [1.807, 2.05) is 0 Å². The van der Waals surface area contributed by atoms with Gasteiger partial charge in [-0.2, -0.15) is 0 Å². The molecule has 146 valence electrons. The van der Waals surface area contributed by atoms with Crippen molar-refractivity contribution in [1.82, 2.24) is 4.90 Å². The zero-order valence-corrected chi connectivity index (χ0v) is 16.1. The Labute approximate surface area is 159 Å². The summed E-state index contributed by atoms with van der Waals surface area (Å²) < 4.78 is 5.99. The minimum atomic E-state index is -0.536. The summed E-state index contributed by atoms with van der Waals surface area (Å²) in [5.74, 6) is 1.66. The van der Waals surface area contributed by atoms with Gasteiger partial charge in [0.1, 0.15) is 12.3 Å². The molecular formula is C22H29NO4. The van der Waals surface area contributed by atoms with Crippen molar-refractivity contribution in [3.05, 3.63) is 12.2 Å². The molecule has 0 aromatic carbocycles. The Balaban J connectivity index is 1.46. The molecule has 5 nitrogen and oxygen atoms in total. The van der Waals surface area contributed by atoms with Gasteiger partial charge in [-0.1, -0.05) is 13.5 Å². The van der Waals surface area contributed by atoms with Gasteiger partial charge in [-0.15, -0.1) is 0 Å². The van der Waals surface area contributed by atoms with Gasteiger partial charge in [-0.3, -0.25) is 9.69 Å². The number of aliphatic hydroxyl groups excluding tert-OH is 2. The highest BCUT2D eigenvalue weighted by Gasteiger charge is 2.91. The summed E-state index contributed by atoms with van der Waals surface area (Å²) in [4.78, 5) is 14.4. The third kappa shape index (κ3) is 1.23. The quantitative estimate of drug-likeness (QED) is 0.542. The first-order valence-corrected chi connectivity index (χ1v) is 10.8. The lowest BCUT2D eigenvalue weighted by Gasteiger charge is -2.65. The summed E-state index contributed by atoms with van der Waals surface area (Å²) in [5.41, 5.74) is 0.950. The fourth-order valence-corrected chi connectivity index (χ4v) is 10.7. The van der Waals surface area contributed by atoms with E-state index in [9.17, 15) is 15.0 Å². The summed E-state index contributed by atoms with van der Waals surface area (Å²) in [6, 6.07) is 0.718. The van der Waals surface area contributed by atoms with E-state index in [1.165, 1.54) is 13.3 Å². The van der Waals surface area contributed by atoms with Crippen molar-refractivity contribution in [2.75, 3.05) is 0 Å². The maximum Gasteiger partial charge on any atom is 0.303 e. The van der Waals surface area contributed by atoms with Crippen LogP contribution in [0.4, 0.5) is 0 Å². The highest BCUT2D eigenvalue weighted by molar-refractivity contribution is 5.67. The van der Waals surface area contributed by atoms with Crippen LogP contribution in [0.2, 0.25) is 0 Å². The van der Waals surface area contributed by atoms with Crippen molar-refractivity contribution in [2.24, 2.45) is 39.9 Å². The van der Waals surface area contributed by atoms with Crippen LogP contribution in [0.5, 0.6) is 0 Å². The molecule has 3 aliphatic heterocycles. The first-order valence-electron chi connectivity index (χ1n) is 10.8.